The fraction of sp³-hybridized carbons (Fsp3) is 0.263. The minimum Gasteiger partial charge on any atom is -0.340 e. The Hall–Kier alpha value is -2.06. The lowest BCUT2D eigenvalue weighted by atomic mass is 10.1. The van der Waals surface area contributed by atoms with Crippen LogP contribution in [0.2, 0.25) is 0 Å². The maximum absolute atomic E-state index is 5.59. The molecule has 2 heteroatoms. The highest BCUT2D eigenvalue weighted by Gasteiger charge is 2.09. The van der Waals surface area contributed by atoms with E-state index < -0.39 is 0 Å². The molecule has 3 rings (SSSR count). The third-order valence-corrected chi connectivity index (χ3v) is 3.97. The van der Waals surface area contributed by atoms with Crippen molar-refractivity contribution in [1.29, 1.82) is 0 Å². The van der Waals surface area contributed by atoms with Gasteiger partial charge in [-0.15, -0.1) is 0 Å². The summed E-state index contributed by atoms with van der Waals surface area (Å²) < 4.78 is 2.45. The van der Waals surface area contributed by atoms with Gasteiger partial charge in [-0.1, -0.05) is 55.0 Å². The van der Waals surface area contributed by atoms with Crippen molar-refractivity contribution in [3.05, 3.63) is 60.7 Å². The van der Waals surface area contributed by atoms with E-state index in [4.69, 9.17) is 5.73 Å². The summed E-state index contributed by atoms with van der Waals surface area (Å²) in [6.07, 6.45) is 3.48. The second-order valence-corrected chi connectivity index (χ2v) is 5.46. The molecule has 2 N–H and O–H groups in total. The number of unbranched alkanes of at least 4 members (excludes halogenated alkanes) is 2. The number of aromatic nitrogens is 1. The molecule has 0 fully saturated rings. The lowest BCUT2D eigenvalue weighted by Gasteiger charge is -2.11. The number of nitrogens with two attached hydrogens (primary N) is 1. The molecule has 1 heterocycles. The Bertz CT molecular complexity index is 698. The van der Waals surface area contributed by atoms with Crippen molar-refractivity contribution in [3.63, 3.8) is 0 Å². The Balaban J connectivity index is 1.98. The van der Waals surface area contributed by atoms with Crippen LogP contribution in [-0.2, 0) is 6.54 Å². The van der Waals surface area contributed by atoms with Gasteiger partial charge in [-0.2, -0.15) is 0 Å². The van der Waals surface area contributed by atoms with E-state index in [1.54, 1.807) is 0 Å². The highest BCUT2D eigenvalue weighted by Crippen LogP contribution is 2.28. The first-order chi connectivity index (χ1) is 10.4. The topological polar surface area (TPSA) is 30.9 Å². The van der Waals surface area contributed by atoms with Crippen LogP contribution in [0.4, 0.5) is 0 Å². The molecule has 2 aromatic carbocycles. The van der Waals surface area contributed by atoms with Crippen molar-refractivity contribution in [1.82, 2.24) is 4.57 Å². The molecule has 1 aromatic heterocycles. The normalized spacial score (nSPS) is 11.1. The zero-order valence-corrected chi connectivity index (χ0v) is 12.3. The van der Waals surface area contributed by atoms with Crippen LogP contribution in [0, 0.1) is 0 Å². The van der Waals surface area contributed by atoms with Gasteiger partial charge >= 0.3 is 0 Å². The van der Waals surface area contributed by atoms with Gasteiger partial charge in [0.1, 0.15) is 0 Å². The summed E-state index contributed by atoms with van der Waals surface area (Å²) >= 11 is 0. The largest absolute Gasteiger partial charge is 0.340 e. The molecule has 3 aromatic rings. The van der Waals surface area contributed by atoms with E-state index in [2.05, 4.69) is 65.2 Å². The Kier molecular flexibility index (Phi) is 4.37. The number of rotatable bonds is 6. The second-order valence-electron chi connectivity index (χ2n) is 5.46. The summed E-state index contributed by atoms with van der Waals surface area (Å²) in [5.74, 6) is 0. The van der Waals surface area contributed by atoms with E-state index in [0.29, 0.717) is 0 Å². The minimum absolute atomic E-state index is 0.790. The van der Waals surface area contributed by atoms with E-state index >= 15 is 0 Å². The molecule has 0 bridgehead atoms. The number of hydrogen-bond donors (Lipinski definition) is 1. The van der Waals surface area contributed by atoms with Crippen LogP contribution >= 0.6 is 0 Å². The number of aryl methyl sites for hydroxylation is 1. The molecule has 21 heavy (non-hydrogen) atoms. The van der Waals surface area contributed by atoms with E-state index in [-0.39, 0.29) is 0 Å². The smallest absolute Gasteiger partial charge is 0.0491 e. The Labute approximate surface area is 126 Å². The maximum atomic E-state index is 5.59. The molecule has 0 aliphatic carbocycles. The predicted octanol–water partition coefficient (Wildman–Crippen LogP) is 4.44. The van der Waals surface area contributed by atoms with Crippen molar-refractivity contribution in [3.8, 4) is 11.3 Å². The van der Waals surface area contributed by atoms with Crippen LogP contribution in [0.25, 0.3) is 22.2 Å². The highest BCUT2D eigenvalue weighted by atomic mass is 15.0. The van der Waals surface area contributed by atoms with Crippen LogP contribution in [-0.4, -0.2) is 11.1 Å². The van der Waals surface area contributed by atoms with Gasteiger partial charge < -0.3 is 10.3 Å². The van der Waals surface area contributed by atoms with Gasteiger partial charge in [0.05, 0.1) is 0 Å². The minimum atomic E-state index is 0.790. The monoisotopic (exact) mass is 278 g/mol. The number of nitrogens with zero attached hydrogens (tertiary/aromatic N) is 1. The van der Waals surface area contributed by atoms with Crippen LogP contribution in [0.15, 0.2) is 60.7 Å². The van der Waals surface area contributed by atoms with Gasteiger partial charge in [0.25, 0.3) is 0 Å². The van der Waals surface area contributed by atoms with Gasteiger partial charge in [-0.05, 0) is 37.1 Å². The summed E-state index contributed by atoms with van der Waals surface area (Å²) in [6, 6.07) is 21.6. The summed E-state index contributed by atoms with van der Waals surface area (Å²) in [5.41, 5.74) is 9.51. The van der Waals surface area contributed by atoms with E-state index in [9.17, 15) is 0 Å². The molecule has 108 valence electrons. The number of fused-ring (bicyclic) bond motifs is 1. The molecule has 0 atom stereocenters. The number of para-hydroxylation sites is 1. The average Bonchev–Trinajstić information content (AvgIpc) is 2.91. The lowest BCUT2D eigenvalue weighted by molar-refractivity contribution is 0.607. The lowest BCUT2D eigenvalue weighted by Crippen LogP contribution is -2.02. The van der Waals surface area contributed by atoms with Crippen LogP contribution in [0.3, 0.4) is 0 Å². The standard InChI is InChI=1S/C19H22N2/c20-13-7-2-8-14-21-18-12-6-5-11-17(18)15-19(21)16-9-3-1-4-10-16/h1,3-6,9-12,15H,2,7-8,13-14,20H2. The molecule has 2 nitrogen and oxygen atoms in total. The van der Waals surface area contributed by atoms with Gasteiger partial charge in [0, 0.05) is 23.1 Å². The van der Waals surface area contributed by atoms with Gasteiger partial charge in [0.15, 0.2) is 0 Å². The summed E-state index contributed by atoms with van der Waals surface area (Å²) in [5, 5.41) is 1.31. The van der Waals surface area contributed by atoms with Crippen molar-refractivity contribution in [2.75, 3.05) is 6.54 Å². The van der Waals surface area contributed by atoms with Crippen LogP contribution in [0.5, 0.6) is 0 Å². The van der Waals surface area contributed by atoms with Crippen molar-refractivity contribution in [2.45, 2.75) is 25.8 Å². The second kappa shape index (κ2) is 6.59. The molecular weight excluding hydrogens is 256 g/mol. The maximum Gasteiger partial charge on any atom is 0.0491 e. The van der Waals surface area contributed by atoms with E-state index in [1.165, 1.54) is 35.0 Å². The molecule has 0 unspecified atom stereocenters. The molecule has 0 saturated heterocycles. The zero-order valence-electron chi connectivity index (χ0n) is 12.3. The van der Waals surface area contributed by atoms with E-state index in [0.717, 1.165) is 19.5 Å². The van der Waals surface area contributed by atoms with Crippen LogP contribution < -0.4 is 5.73 Å². The molecule has 0 aliphatic rings. The summed E-state index contributed by atoms with van der Waals surface area (Å²) in [6.45, 7) is 1.84. The SMILES string of the molecule is NCCCCCn1c(-c2ccccc2)cc2ccccc21. The first-order valence-corrected chi connectivity index (χ1v) is 7.74. The fourth-order valence-electron chi connectivity index (χ4n) is 2.89. The molecule has 0 spiro atoms. The number of hydrogen-bond acceptors (Lipinski definition) is 1. The van der Waals surface area contributed by atoms with Crippen LogP contribution in [0.1, 0.15) is 19.3 Å². The van der Waals surface area contributed by atoms with E-state index in [1.807, 2.05) is 0 Å². The zero-order chi connectivity index (χ0) is 14.5. The molecule has 0 amide bonds. The van der Waals surface area contributed by atoms with Gasteiger partial charge in [-0.25, -0.2) is 0 Å². The van der Waals surface area contributed by atoms with Crippen molar-refractivity contribution < 1.29 is 0 Å². The molecule has 0 aliphatic heterocycles. The average molecular weight is 278 g/mol. The third-order valence-electron chi connectivity index (χ3n) is 3.97. The summed E-state index contributed by atoms with van der Waals surface area (Å²) in [4.78, 5) is 0. The third kappa shape index (κ3) is 3.01. The molecule has 0 saturated carbocycles. The first kappa shape index (κ1) is 13.9. The Morgan fingerprint density at radius 1 is 0.810 bits per heavy atom. The highest BCUT2D eigenvalue weighted by molar-refractivity contribution is 5.87. The molecular formula is C19H22N2. The Morgan fingerprint density at radius 3 is 2.38 bits per heavy atom. The summed E-state index contributed by atoms with van der Waals surface area (Å²) in [7, 11) is 0. The predicted molar refractivity (Wildman–Crippen MR) is 90.3 cm³/mol. The first-order valence-electron chi connectivity index (χ1n) is 7.74. The van der Waals surface area contributed by atoms with Gasteiger partial charge in [0.2, 0.25) is 0 Å². The molecule has 0 radical (unpaired) electrons. The quantitative estimate of drug-likeness (QED) is 0.664. The Morgan fingerprint density at radius 2 is 1.57 bits per heavy atom. The van der Waals surface area contributed by atoms with Crippen molar-refractivity contribution in [2.24, 2.45) is 5.73 Å². The van der Waals surface area contributed by atoms with Gasteiger partial charge in [-0.3, -0.25) is 0 Å². The number of benzene rings is 2. The fourth-order valence-corrected chi connectivity index (χ4v) is 2.89. The van der Waals surface area contributed by atoms with Crippen molar-refractivity contribution >= 4 is 10.9 Å².